The van der Waals surface area contributed by atoms with Crippen molar-refractivity contribution in [2.24, 2.45) is 0 Å². The van der Waals surface area contributed by atoms with Gasteiger partial charge in [-0.2, -0.15) is 0 Å². The molecule has 3 rings (SSSR count). The fourth-order valence-electron chi connectivity index (χ4n) is 2.54. The minimum absolute atomic E-state index is 0.805. The van der Waals surface area contributed by atoms with Crippen molar-refractivity contribution >= 4 is 5.69 Å². The van der Waals surface area contributed by atoms with Crippen molar-refractivity contribution in [1.29, 1.82) is 0 Å². The number of hydrogen-bond acceptors (Lipinski definition) is 3. The first-order chi connectivity index (χ1) is 9.81. The Hall–Kier alpha value is -1.84. The number of morpholine rings is 1. The van der Waals surface area contributed by atoms with Gasteiger partial charge in [0.2, 0.25) is 0 Å². The molecule has 1 aliphatic rings. The molecule has 0 spiro atoms. The molecule has 0 atom stereocenters. The van der Waals surface area contributed by atoms with Crippen molar-refractivity contribution in [2.75, 3.05) is 32.0 Å². The SMILES string of the molecule is Nc1cccc(-c2ccc(CN3CCOCC3)cc2)c1. The summed E-state index contributed by atoms with van der Waals surface area (Å²) in [6.45, 7) is 4.75. The van der Waals surface area contributed by atoms with Crippen molar-refractivity contribution in [1.82, 2.24) is 4.90 Å². The lowest BCUT2D eigenvalue weighted by atomic mass is 10.0. The number of anilines is 1. The zero-order chi connectivity index (χ0) is 13.8. The van der Waals surface area contributed by atoms with Crippen LogP contribution in [0.1, 0.15) is 5.56 Å². The van der Waals surface area contributed by atoms with Crippen molar-refractivity contribution in [2.45, 2.75) is 6.54 Å². The lowest BCUT2D eigenvalue weighted by Gasteiger charge is -2.26. The van der Waals surface area contributed by atoms with Crippen LogP contribution in [-0.4, -0.2) is 31.2 Å². The quantitative estimate of drug-likeness (QED) is 0.870. The van der Waals surface area contributed by atoms with Gasteiger partial charge in [-0.05, 0) is 28.8 Å². The van der Waals surface area contributed by atoms with Gasteiger partial charge in [-0.3, -0.25) is 4.90 Å². The van der Waals surface area contributed by atoms with Crippen LogP contribution in [0.3, 0.4) is 0 Å². The average Bonchev–Trinajstić information content (AvgIpc) is 2.49. The maximum absolute atomic E-state index is 5.83. The molecule has 1 fully saturated rings. The topological polar surface area (TPSA) is 38.5 Å². The molecule has 0 bridgehead atoms. The van der Waals surface area contributed by atoms with Crippen molar-refractivity contribution in [3.8, 4) is 11.1 Å². The Kier molecular flexibility index (Phi) is 4.00. The van der Waals surface area contributed by atoms with Crippen LogP contribution >= 0.6 is 0 Å². The minimum Gasteiger partial charge on any atom is -0.399 e. The zero-order valence-corrected chi connectivity index (χ0v) is 11.6. The molecule has 0 amide bonds. The van der Waals surface area contributed by atoms with E-state index in [0.29, 0.717) is 0 Å². The molecule has 2 aromatic rings. The molecular formula is C17H20N2O. The first-order valence-corrected chi connectivity index (χ1v) is 7.06. The maximum atomic E-state index is 5.83. The van der Waals surface area contributed by atoms with E-state index in [-0.39, 0.29) is 0 Å². The first-order valence-electron chi connectivity index (χ1n) is 7.06. The lowest BCUT2D eigenvalue weighted by Crippen LogP contribution is -2.35. The molecule has 0 aliphatic carbocycles. The van der Waals surface area contributed by atoms with Gasteiger partial charge in [0.1, 0.15) is 0 Å². The summed E-state index contributed by atoms with van der Waals surface area (Å²) in [7, 11) is 0. The normalized spacial score (nSPS) is 16.2. The van der Waals surface area contributed by atoms with Crippen LogP contribution in [0, 0.1) is 0 Å². The molecule has 3 heteroatoms. The highest BCUT2D eigenvalue weighted by atomic mass is 16.5. The van der Waals surface area contributed by atoms with Crippen molar-refractivity contribution < 1.29 is 4.74 Å². The minimum atomic E-state index is 0.805. The lowest BCUT2D eigenvalue weighted by molar-refractivity contribution is 0.0342. The van der Waals surface area contributed by atoms with E-state index in [9.17, 15) is 0 Å². The number of benzene rings is 2. The number of rotatable bonds is 3. The molecule has 104 valence electrons. The van der Waals surface area contributed by atoms with E-state index in [1.165, 1.54) is 16.7 Å². The monoisotopic (exact) mass is 268 g/mol. The van der Waals surface area contributed by atoms with Gasteiger partial charge in [-0.15, -0.1) is 0 Å². The van der Waals surface area contributed by atoms with Crippen molar-refractivity contribution in [3.05, 3.63) is 54.1 Å². The molecule has 1 saturated heterocycles. The van der Waals surface area contributed by atoms with Crippen LogP contribution in [0.2, 0.25) is 0 Å². The van der Waals surface area contributed by atoms with E-state index in [1.54, 1.807) is 0 Å². The molecule has 1 aliphatic heterocycles. The standard InChI is InChI=1S/C17H20N2O/c18-17-3-1-2-16(12-17)15-6-4-14(5-7-15)13-19-8-10-20-11-9-19/h1-7,12H,8-11,13,18H2. The van der Waals surface area contributed by atoms with Crippen LogP contribution in [0.4, 0.5) is 5.69 Å². The predicted molar refractivity (Wildman–Crippen MR) is 82.4 cm³/mol. The van der Waals surface area contributed by atoms with Crippen LogP contribution in [0.5, 0.6) is 0 Å². The van der Waals surface area contributed by atoms with Gasteiger partial charge in [0.25, 0.3) is 0 Å². The Morgan fingerprint density at radius 3 is 2.40 bits per heavy atom. The fourth-order valence-corrected chi connectivity index (χ4v) is 2.54. The Morgan fingerprint density at radius 2 is 1.70 bits per heavy atom. The number of hydrogen-bond donors (Lipinski definition) is 1. The smallest absolute Gasteiger partial charge is 0.0594 e. The first kappa shape index (κ1) is 13.2. The Labute approximate surface area is 120 Å². The van der Waals surface area contributed by atoms with E-state index in [4.69, 9.17) is 10.5 Å². The van der Waals surface area contributed by atoms with Gasteiger partial charge < -0.3 is 10.5 Å². The summed E-state index contributed by atoms with van der Waals surface area (Å²) in [6.07, 6.45) is 0. The summed E-state index contributed by atoms with van der Waals surface area (Å²) in [6, 6.07) is 16.8. The van der Waals surface area contributed by atoms with Gasteiger partial charge >= 0.3 is 0 Å². The summed E-state index contributed by atoms with van der Waals surface area (Å²) in [5, 5.41) is 0. The Morgan fingerprint density at radius 1 is 0.950 bits per heavy atom. The molecule has 0 saturated carbocycles. The summed E-state index contributed by atoms with van der Waals surface area (Å²) < 4.78 is 5.37. The van der Waals surface area contributed by atoms with Crippen LogP contribution in [-0.2, 0) is 11.3 Å². The Balaban J connectivity index is 1.71. The van der Waals surface area contributed by atoms with Crippen LogP contribution < -0.4 is 5.73 Å². The zero-order valence-electron chi connectivity index (χ0n) is 11.6. The van der Waals surface area contributed by atoms with Crippen LogP contribution in [0.25, 0.3) is 11.1 Å². The summed E-state index contributed by atoms with van der Waals surface area (Å²) in [5.74, 6) is 0. The Bertz CT molecular complexity index is 559. The molecule has 0 unspecified atom stereocenters. The molecule has 20 heavy (non-hydrogen) atoms. The highest BCUT2D eigenvalue weighted by Crippen LogP contribution is 2.22. The van der Waals surface area contributed by atoms with E-state index >= 15 is 0 Å². The average molecular weight is 268 g/mol. The third kappa shape index (κ3) is 3.18. The van der Waals surface area contributed by atoms with Crippen LogP contribution in [0.15, 0.2) is 48.5 Å². The number of nitrogens with two attached hydrogens (primary N) is 1. The van der Waals surface area contributed by atoms with E-state index in [1.807, 2.05) is 18.2 Å². The summed E-state index contributed by atoms with van der Waals surface area (Å²) in [4.78, 5) is 2.43. The summed E-state index contributed by atoms with van der Waals surface area (Å²) >= 11 is 0. The largest absolute Gasteiger partial charge is 0.399 e. The molecule has 1 heterocycles. The second-order valence-corrected chi connectivity index (χ2v) is 5.21. The number of nitrogens with zero attached hydrogens (tertiary/aromatic N) is 1. The summed E-state index contributed by atoms with van der Waals surface area (Å²) in [5.41, 5.74) is 10.4. The molecule has 0 aromatic heterocycles. The van der Waals surface area contributed by atoms with Gasteiger partial charge in [0.15, 0.2) is 0 Å². The second-order valence-electron chi connectivity index (χ2n) is 5.21. The van der Waals surface area contributed by atoms with E-state index in [0.717, 1.165) is 38.5 Å². The van der Waals surface area contributed by atoms with Gasteiger partial charge in [0, 0.05) is 25.3 Å². The molecule has 0 radical (unpaired) electrons. The second kappa shape index (κ2) is 6.07. The molecule has 3 nitrogen and oxygen atoms in total. The fraction of sp³-hybridized carbons (Fsp3) is 0.294. The molecule has 2 N–H and O–H groups in total. The third-order valence-electron chi connectivity index (χ3n) is 3.68. The van der Waals surface area contributed by atoms with Gasteiger partial charge in [0.05, 0.1) is 13.2 Å². The van der Waals surface area contributed by atoms with E-state index < -0.39 is 0 Å². The van der Waals surface area contributed by atoms with Gasteiger partial charge in [-0.1, -0.05) is 36.4 Å². The molecule has 2 aromatic carbocycles. The van der Waals surface area contributed by atoms with E-state index in [2.05, 4.69) is 35.2 Å². The predicted octanol–water partition coefficient (Wildman–Crippen LogP) is 2.77. The number of ether oxygens (including phenoxy) is 1. The van der Waals surface area contributed by atoms with Gasteiger partial charge in [-0.25, -0.2) is 0 Å². The molecular weight excluding hydrogens is 248 g/mol. The maximum Gasteiger partial charge on any atom is 0.0594 e. The number of nitrogen functional groups attached to an aromatic ring is 1. The third-order valence-corrected chi connectivity index (χ3v) is 3.68. The highest BCUT2D eigenvalue weighted by Gasteiger charge is 2.10. The van der Waals surface area contributed by atoms with Crippen molar-refractivity contribution in [3.63, 3.8) is 0 Å². The highest BCUT2D eigenvalue weighted by molar-refractivity contribution is 5.67.